The van der Waals surface area contributed by atoms with E-state index in [1.165, 1.54) is 5.56 Å². The molecule has 5 nitrogen and oxygen atoms in total. The van der Waals surface area contributed by atoms with Gasteiger partial charge in [0.1, 0.15) is 5.82 Å². The van der Waals surface area contributed by atoms with Crippen molar-refractivity contribution < 1.29 is 0 Å². The highest BCUT2D eigenvalue weighted by Crippen LogP contribution is 2.35. The van der Waals surface area contributed by atoms with Crippen LogP contribution in [0.1, 0.15) is 5.56 Å². The Labute approximate surface area is 127 Å². The Kier molecular flexibility index (Phi) is 2.72. The molecule has 0 atom stereocenters. The Morgan fingerprint density at radius 3 is 2.64 bits per heavy atom. The Bertz CT molecular complexity index is 970. The topological polar surface area (TPSA) is 79.6 Å². The van der Waals surface area contributed by atoms with Crippen LogP contribution in [-0.4, -0.2) is 15.2 Å². The van der Waals surface area contributed by atoms with Crippen LogP contribution in [0.4, 0.5) is 17.2 Å². The summed E-state index contributed by atoms with van der Waals surface area (Å²) in [5.74, 6) is 0.517. The van der Waals surface area contributed by atoms with Gasteiger partial charge < -0.3 is 11.1 Å². The molecule has 5 heteroatoms. The van der Waals surface area contributed by atoms with Crippen molar-refractivity contribution in [1.29, 1.82) is 0 Å². The van der Waals surface area contributed by atoms with Crippen molar-refractivity contribution in [3.63, 3.8) is 0 Å². The van der Waals surface area contributed by atoms with E-state index in [2.05, 4.69) is 39.6 Å². The molecule has 0 spiro atoms. The molecule has 2 heterocycles. The van der Waals surface area contributed by atoms with Gasteiger partial charge in [0.05, 0.1) is 16.6 Å². The number of nitrogens with zero attached hydrogens (tertiary/aromatic N) is 2. The summed E-state index contributed by atoms with van der Waals surface area (Å²) in [4.78, 5) is 4.55. The Balaban J connectivity index is 1.99. The van der Waals surface area contributed by atoms with Gasteiger partial charge >= 0.3 is 0 Å². The van der Waals surface area contributed by atoms with Gasteiger partial charge in [0, 0.05) is 11.1 Å². The lowest BCUT2D eigenvalue weighted by atomic mass is 10.1. The summed E-state index contributed by atoms with van der Waals surface area (Å²) >= 11 is 0. The molecule has 2 aromatic heterocycles. The number of aromatic nitrogens is 3. The van der Waals surface area contributed by atoms with E-state index in [1.54, 1.807) is 0 Å². The predicted molar refractivity (Wildman–Crippen MR) is 90.3 cm³/mol. The molecule has 4 aromatic rings. The quantitative estimate of drug-likeness (QED) is 0.525. The standard InChI is InChI=1S/C17H15N5/c1-10-6-8-11(9-7-10)19-15-12-4-2-3-5-13(12)20-17-14(15)16(18)21-22-17/h2-9H,1H3,(H4,18,19,20,21,22). The van der Waals surface area contributed by atoms with E-state index in [0.717, 1.165) is 27.7 Å². The van der Waals surface area contributed by atoms with Gasteiger partial charge in [-0.15, -0.1) is 0 Å². The molecule has 0 saturated heterocycles. The minimum Gasteiger partial charge on any atom is -0.383 e. The van der Waals surface area contributed by atoms with Gasteiger partial charge in [0.2, 0.25) is 0 Å². The van der Waals surface area contributed by atoms with Crippen molar-refractivity contribution in [2.75, 3.05) is 11.1 Å². The average Bonchev–Trinajstić information content (AvgIpc) is 2.90. The average molecular weight is 289 g/mol. The molecular weight excluding hydrogens is 274 g/mol. The lowest BCUT2D eigenvalue weighted by Gasteiger charge is -2.11. The smallest absolute Gasteiger partial charge is 0.185 e. The van der Waals surface area contributed by atoms with Gasteiger partial charge in [-0.05, 0) is 25.1 Å². The van der Waals surface area contributed by atoms with Crippen LogP contribution >= 0.6 is 0 Å². The number of fused-ring (bicyclic) bond motifs is 2. The van der Waals surface area contributed by atoms with E-state index in [4.69, 9.17) is 5.73 Å². The maximum Gasteiger partial charge on any atom is 0.185 e. The first kappa shape index (κ1) is 12.6. The van der Waals surface area contributed by atoms with Crippen LogP contribution in [0, 0.1) is 6.92 Å². The van der Waals surface area contributed by atoms with Gasteiger partial charge in [-0.2, -0.15) is 5.10 Å². The SMILES string of the molecule is Cc1ccc(Nc2c3ccccc3nc3n[nH]c(N)c23)cc1. The van der Waals surface area contributed by atoms with Crippen molar-refractivity contribution in [3.8, 4) is 0 Å². The highest BCUT2D eigenvalue weighted by atomic mass is 15.2. The van der Waals surface area contributed by atoms with Crippen LogP contribution < -0.4 is 11.1 Å². The number of pyridine rings is 1. The molecule has 0 saturated carbocycles. The fourth-order valence-corrected chi connectivity index (χ4v) is 2.62. The van der Waals surface area contributed by atoms with Crippen molar-refractivity contribution in [1.82, 2.24) is 15.2 Å². The van der Waals surface area contributed by atoms with Gasteiger partial charge in [0.15, 0.2) is 5.65 Å². The monoisotopic (exact) mass is 289 g/mol. The first-order valence-corrected chi connectivity index (χ1v) is 7.08. The molecular formula is C17H15N5. The summed E-state index contributed by atoms with van der Waals surface area (Å²) in [6.07, 6.45) is 0. The molecule has 108 valence electrons. The molecule has 4 N–H and O–H groups in total. The van der Waals surface area contributed by atoms with Crippen LogP contribution in [-0.2, 0) is 0 Å². The second-order valence-electron chi connectivity index (χ2n) is 5.33. The van der Waals surface area contributed by atoms with Crippen LogP contribution in [0.25, 0.3) is 21.9 Å². The summed E-state index contributed by atoms with van der Waals surface area (Å²) in [6, 6.07) is 16.2. The number of benzene rings is 2. The second kappa shape index (κ2) is 4.73. The number of nitrogens with two attached hydrogens (primary N) is 1. The third-order valence-electron chi connectivity index (χ3n) is 3.75. The van der Waals surface area contributed by atoms with Crippen molar-refractivity contribution in [2.45, 2.75) is 6.92 Å². The maximum atomic E-state index is 6.05. The van der Waals surface area contributed by atoms with Crippen LogP contribution in [0.3, 0.4) is 0 Å². The zero-order valence-corrected chi connectivity index (χ0v) is 12.1. The first-order chi connectivity index (χ1) is 10.7. The van der Waals surface area contributed by atoms with Crippen LogP contribution in [0.2, 0.25) is 0 Å². The predicted octanol–water partition coefficient (Wildman–Crippen LogP) is 3.75. The maximum absolute atomic E-state index is 6.05. The highest BCUT2D eigenvalue weighted by Gasteiger charge is 2.14. The number of anilines is 3. The van der Waals surface area contributed by atoms with Crippen molar-refractivity contribution in [3.05, 3.63) is 54.1 Å². The highest BCUT2D eigenvalue weighted by molar-refractivity contribution is 6.11. The third kappa shape index (κ3) is 1.95. The minimum absolute atomic E-state index is 0.517. The Morgan fingerprint density at radius 2 is 1.82 bits per heavy atom. The summed E-state index contributed by atoms with van der Waals surface area (Å²) < 4.78 is 0. The lowest BCUT2D eigenvalue weighted by Crippen LogP contribution is -1.96. The molecule has 2 aromatic carbocycles. The molecule has 0 unspecified atom stereocenters. The molecule has 0 aliphatic heterocycles. The summed E-state index contributed by atoms with van der Waals surface area (Å²) in [6.45, 7) is 2.07. The van der Waals surface area contributed by atoms with Gasteiger partial charge in [-0.3, -0.25) is 5.10 Å². The molecule has 0 aliphatic carbocycles. The van der Waals surface area contributed by atoms with Crippen molar-refractivity contribution >= 4 is 39.1 Å². The Hall–Kier alpha value is -3.08. The van der Waals surface area contributed by atoms with Gasteiger partial charge in [-0.1, -0.05) is 35.9 Å². The second-order valence-corrected chi connectivity index (χ2v) is 5.33. The van der Waals surface area contributed by atoms with E-state index >= 15 is 0 Å². The molecule has 0 fully saturated rings. The number of hydrogen-bond acceptors (Lipinski definition) is 4. The number of aromatic amines is 1. The summed E-state index contributed by atoms with van der Waals surface area (Å²) in [5, 5.41) is 12.3. The number of H-pyrrole nitrogens is 1. The van der Waals surface area contributed by atoms with E-state index in [-0.39, 0.29) is 0 Å². The van der Waals surface area contributed by atoms with E-state index < -0.39 is 0 Å². The molecule has 22 heavy (non-hydrogen) atoms. The number of rotatable bonds is 2. The van der Waals surface area contributed by atoms with E-state index in [1.807, 2.05) is 36.4 Å². The summed E-state index contributed by atoms with van der Waals surface area (Å²) in [7, 11) is 0. The number of para-hydroxylation sites is 1. The number of nitrogens with one attached hydrogen (secondary N) is 2. The minimum atomic E-state index is 0.517. The van der Waals surface area contributed by atoms with E-state index in [0.29, 0.717) is 11.5 Å². The van der Waals surface area contributed by atoms with Crippen LogP contribution in [0.5, 0.6) is 0 Å². The zero-order valence-electron chi connectivity index (χ0n) is 12.1. The normalized spacial score (nSPS) is 11.1. The number of nitrogen functional groups attached to an aromatic ring is 1. The molecule has 0 bridgehead atoms. The lowest BCUT2D eigenvalue weighted by molar-refractivity contribution is 1.11. The fraction of sp³-hybridized carbons (Fsp3) is 0.0588. The van der Waals surface area contributed by atoms with Gasteiger partial charge in [-0.25, -0.2) is 4.98 Å². The van der Waals surface area contributed by atoms with Crippen molar-refractivity contribution in [2.24, 2.45) is 0 Å². The van der Waals surface area contributed by atoms with Gasteiger partial charge in [0.25, 0.3) is 0 Å². The van der Waals surface area contributed by atoms with E-state index in [9.17, 15) is 0 Å². The number of hydrogen-bond donors (Lipinski definition) is 3. The molecule has 0 radical (unpaired) electrons. The largest absolute Gasteiger partial charge is 0.383 e. The molecule has 0 aliphatic rings. The summed E-state index contributed by atoms with van der Waals surface area (Å²) in [5.41, 5.74) is 10.7. The zero-order chi connectivity index (χ0) is 15.1. The Morgan fingerprint density at radius 1 is 1.05 bits per heavy atom. The third-order valence-corrected chi connectivity index (χ3v) is 3.75. The number of aryl methyl sites for hydroxylation is 1. The fourth-order valence-electron chi connectivity index (χ4n) is 2.62. The first-order valence-electron chi connectivity index (χ1n) is 7.08. The van der Waals surface area contributed by atoms with Crippen LogP contribution in [0.15, 0.2) is 48.5 Å². The molecule has 4 rings (SSSR count). The molecule has 0 amide bonds.